The zero-order valence-corrected chi connectivity index (χ0v) is 13.1. The molecule has 0 aliphatic rings. The van der Waals surface area contributed by atoms with Crippen molar-refractivity contribution in [3.63, 3.8) is 0 Å². The van der Waals surface area contributed by atoms with Gasteiger partial charge in [0.05, 0.1) is 19.2 Å². The highest BCUT2D eigenvalue weighted by molar-refractivity contribution is 5.90. The van der Waals surface area contributed by atoms with E-state index in [2.05, 4.69) is 15.8 Å². The number of furan rings is 1. The molecule has 0 radical (unpaired) electrons. The zero-order chi connectivity index (χ0) is 16.9. The number of nitrogens with zero attached hydrogens (tertiary/aromatic N) is 1. The smallest absolute Gasteiger partial charge is 0.242 e. The summed E-state index contributed by atoms with van der Waals surface area (Å²) in [6.45, 7) is 1.90. The van der Waals surface area contributed by atoms with Crippen LogP contribution in [-0.4, -0.2) is 23.0 Å². The molecule has 2 amide bonds. The van der Waals surface area contributed by atoms with Crippen molar-refractivity contribution in [1.82, 2.24) is 15.8 Å². The van der Waals surface area contributed by atoms with E-state index < -0.39 is 6.04 Å². The van der Waals surface area contributed by atoms with Gasteiger partial charge in [0.2, 0.25) is 11.8 Å². The third-order valence-corrected chi connectivity index (χ3v) is 3.57. The van der Waals surface area contributed by atoms with Crippen LogP contribution in [0.2, 0.25) is 0 Å². The molecule has 1 aromatic carbocycles. The molecule has 3 aromatic rings. The maximum absolute atomic E-state index is 12.1. The molecule has 1 atom stereocenters. The average molecular weight is 327 g/mol. The largest absolute Gasteiger partial charge is 0.467 e. The van der Waals surface area contributed by atoms with Gasteiger partial charge in [-0.3, -0.25) is 9.59 Å². The van der Waals surface area contributed by atoms with E-state index in [9.17, 15) is 9.59 Å². The predicted octanol–water partition coefficient (Wildman–Crippen LogP) is 1.78. The van der Waals surface area contributed by atoms with E-state index in [0.29, 0.717) is 17.0 Å². The lowest BCUT2D eigenvalue weighted by Crippen LogP contribution is -2.45. The maximum atomic E-state index is 12.1. The van der Waals surface area contributed by atoms with E-state index in [1.807, 2.05) is 18.2 Å². The number of hydrogen-bond acceptors (Lipinski definition) is 5. The second-order valence-corrected chi connectivity index (χ2v) is 5.39. The molecule has 7 heteroatoms. The van der Waals surface area contributed by atoms with Crippen LogP contribution in [0.15, 0.2) is 51.6 Å². The van der Waals surface area contributed by atoms with Gasteiger partial charge in [-0.15, -0.1) is 0 Å². The minimum atomic E-state index is -0.661. The summed E-state index contributed by atoms with van der Waals surface area (Å²) in [6, 6.07) is 10.2. The van der Waals surface area contributed by atoms with Gasteiger partial charge in [0.25, 0.3) is 0 Å². The van der Waals surface area contributed by atoms with Gasteiger partial charge in [-0.1, -0.05) is 17.3 Å². The first-order valence-electron chi connectivity index (χ1n) is 7.56. The number of rotatable bonds is 6. The topological polar surface area (TPSA) is 97.4 Å². The Bertz CT molecular complexity index is 839. The molecule has 2 heterocycles. The average Bonchev–Trinajstić information content (AvgIpc) is 3.23. The first-order valence-corrected chi connectivity index (χ1v) is 7.56. The van der Waals surface area contributed by atoms with Crippen molar-refractivity contribution < 1.29 is 18.5 Å². The van der Waals surface area contributed by atoms with E-state index in [4.69, 9.17) is 8.94 Å². The molecule has 0 spiro atoms. The third kappa shape index (κ3) is 3.62. The van der Waals surface area contributed by atoms with Gasteiger partial charge in [0, 0.05) is 5.39 Å². The number of carbonyl (C=O) groups is 2. The van der Waals surface area contributed by atoms with Crippen molar-refractivity contribution in [2.24, 2.45) is 0 Å². The van der Waals surface area contributed by atoms with Gasteiger partial charge in [0.1, 0.15) is 17.5 Å². The summed E-state index contributed by atoms with van der Waals surface area (Å²) in [7, 11) is 0. The van der Waals surface area contributed by atoms with Crippen LogP contribution in [-0.2, 0) is 22.6 Å². The second-order valence-electron chi connectivity index (χ2n) is 5.39. The zero-order valence-electron chi connectivity index (χ0n) is 13.1. The van der Waals surface area contributed by atoms with Crippen LogP contribution in [0.3, 0.4) is 0 Å². The standard InChI is InChI=1S/C17H17N3O4/c1-11(17(22)18-10-12-5-4-8-23-12)19-16(21)9-14-13-6-2-3-7-15(13)24-20-14/h2-8,11H,9-10H2,1H3,(H,18,22)(H,19,21). The van der Waals surface area contributed by atoms with Crippen LogP contribution in [0.25, 0.3) is 11.0 Å². The number of benzene rings is 1. The quantitative estimate of drug-likeness (QED) is 0.719. The van der Waals surface area contributed by atoms with Crippen LogP contribution in [0.4, 0.5) is 0 Å². The first kappa shape index (κ1) is 15.8. The van der Waals surface area contributed by atoms with Gasteiger partial charge in [-0.05, 0) is 31.2 Å². The van der Waals surface area contributed by atoms with Crippen molar-refractivity contribution in [3.05, 3.63) is 54.1 Å². The Kier molecular flexibility index (Phi) is 4.60. The van der Waals surface area contributed by atoms with E-state index >= 15 is 0 Å². The Morgan fingerprint density at radius 1 is 1.21 bits per heavy atom. The summed E-state index contributed by atoms with van der Waals surface area (Å²) in [4.78, 5) is 24.1. The molecule has 7 nitrogen and oxygen atoms in total. The highest BCUT2D eigenvalue weighted by Gasteiger charge is 2.18. The fourth-order valence-corrected chi connectivity index (χ4v) is 2.32. The molecular formula is C17H17N3O4. The first-order chi connectivity index (χ1) is 11.6. The van der Waals surface area contributed by atoms with Crippen molar-refractivity contribution in [2.45, 2.75) is 25.9 Å². The number of nitrogens with one attached hydrogen (secondary N) is 2. The summed E-state index contributed by atoms with van der Waals surface area (Å²) in [6.07, 6.45) is 1.59. The van der Waals surface area contributed by atoms with Gasteiger partial charge >= 0.3 is 0 Å². The van der Waals surface area contributed by atoms with Crippen molar-refractivity contribution in [1.29, 1.82) is 0 Å². The molecule has 3 rings (SSSR count). The number of amides is 2. The maximum Gasteiger partial charge on any atom is 0.242 e. The fourth-order valence-electron chi connectivity index (χ4n) is 2.32. The molecule has 0 saturated carbocycles. The molecule has 0 saturated heterocycles. The lowest BCUT2D eigenvalue weighted by molar-refractivity contribution is -0.128. The van der Waals surface area contributed by atoms with E-state index in [0.717, 1.165) is 5.39 Å². The fraction of sp³-hybridized carbons (Fsp3) is 0.235. The Hall–Kier alpha value is -3.09. The van der Waals surface area contributed by atoms with Gasteiger partial charge in [-0.25, -0.2) is 0 Å². The molecule has 2 N–H and O–H groups in total. The lowest BCUT2D eigenvalue weighted by Gasteiger charge is -2.13. The molecule has 0 aliphatic carbocycles. The van der Waals surface area contributed by atoms with E-state index in [-0.39, 0.29) is 24.8 Å². The van der Waals surface area contributed by atoms with Gasteiger partial charge < -0.3 is 19.6 Å². The lowest BCUT2D eigenvalue weighted by atomic mass is 10.1. The monoisotopic (exact) mass is 327 g/mol. The van der Waals surface area contributed by atoms with Crippen LogP contribution < -0.4 is 10.6 Å². The predicted molar refractivity (Wildman–Crippen MR) is 85.9 cm³/mol. The SMILES string of the molecule is CC(NC(=O)Cc1noc2ccccc12)C(=O)NCc1ccco1. The van der Waals surface area contributed by atoms with Crippen LogP contribution >= 0.6 is 0 Å². The Balaban J connectivity index is 1.53. The van der Waals surface area contributed by atoms with Gasteiger partial charge in [0.15, 0.2) is 5.58 Å². The minimum absolute atomic E-state index is 0.0484. The van der Waals surface area contributed by atoms with Crippen LogP contribution in [0, 0.1) is 0 Å². The third-order valence-electron chi connectivity index (χ3n) is 3.57. The molecule has 0 aliphatic heterocycles. The molecule has 0 bridgehead atoms. The summed E-state index contributed by atoms with van der Waals surface area (Å²) >= 11 is 0. The van der Waals surface area contributed by atoms with E-state index in [1.165, 1.54) is 6.26 Å². The molecule has 24 heavy (non-hydrogen) atoms. The summed E-state index contributed by atoms with van der Waals surface area (Å²) in [5, 5.41) is 10.0. The Morgan fingerprint density at radius 3 is 2.83 bits per heavy atom. The number of fused-ring (bicyclic) bond motifs is 1. The summed E-state index contributed by atoms with van der Waals surface area (Å²) < 4.78 is 10.3. The second kappa shape index (κ2) is 6.99. The van der Waals surface area contributed by atoms with Crippen LogP contribution in [0.5, 0.6) is 0 Å². The van der Waals surface area contributed by atoms with E-state index in [1.54, 1.807) is 25.1 Å². The number of hydrogen-bond donors (Lipinski definition) is 2. The van der Waals surface area contributed by atoms with Crippen molar-refractivity contribution in [2.75, 3.05) is 0 Å². The van der Waals surface area contributed by atoms with Crippen molar-refractivity contribution in [3.8, 4) is 0 Å². The number of para-hydroxylation sites is 1. The molecule has 0 fully saturated rings. The normalized spacial score (nSPS) is 12.0. The Labute approximate surface area is 138 Å². The minimum Gasteiger partial charge on any atom is -0.467 e. The highest BCUT2D eigenvalue weighted by Crippen LogP contribution is 2.17. The molecule has 124 valence electrons. The van der Waals surface area contributed by atoms with Gasteiger partial charge in [-0.2, -0.15) is 0 Å². The molecule has 1 unspecified atom stereocenters. The number of aromatic nitrogens is 1. The molecule has 2 aromatic heterocycles. The summed E-state index contributed by atoms with van der Waals surface area (Å²) in [5.74, 6) is 0.0652. The summed E-state index contributed by atoms with van der Waals surface area (Å²) in [5.41, 5.74) is 1.18. The highest BCUT2D eigenvalue weighted by atomic mass is 16.5. The molecular weight excluding hydrogens is 310 g/mol. The Morgan fingerprint density at radius 2 is 2.04 bits per heavy atom. The van der Waals surface area contributed by atoms with Crippen molar-refractivity contribution >= 4 is 22.8 Å². The number of carbonyl (C=O) groups excluding carboxylic acids is 2. The van der Waals surface area contributed by atoms with Crippen LogP contribution in [0.1, 0.15) is 18.4 Å².